The third-order valence-corrected chi connectivity index (χ3v) is 4.36. The first-order valence-corrected chi connectivity index (χ1v) is 8.08. The van der Waals surface area contributed by atoms with Crippen LogP contribution in [-0.4, -0.2) is 27.0 Å². The quantitative estimate of drug-likeness (QED) is 0.474. The second kappa shape index (κ2) is 6.31. The fourth-order valence-corrected chi connectivity index (χ4v) is 2.50. The van der Waals surface area contributed by atoms with Crippen LogP contribution in [0.25, 0.3) is 10.8 Å². The van der Waals surface area contributed by atoms with Crippen LogP contribution in [0.2, 0.25) is 0 Å². The summed E-state index contributed by atoms with van der Waals surface area (Å²) in [6.07, 6.45) is 0. The predicted molar refractivity (Wildman–Crippen MR) is 80.0 cm³/mol. The molecule has 0 radical (unpaired) electrons. The molecule has 0 aliphatic carbocycles. The molecule has 0 aliphatic rings. The Labute approximate surface area is 136 Å². The molecule has 0 saturated carbocycles. The first-order valence-electron chi connectivity index (χ1n) is 6.67. The largest absolute Gasteiger partial charge is 0.534 e. The lowest BCUT2D eigenvalue weighted by Crippen LogP contribution is -2.28. The van der Waals surface area contributed by atoms with Gasteiger partial charge >= 0.3 is 21.6 Å². The van der Waals surface area contributed by atoms with E-state index in [0.717, 1.165) is 6.07 Å². The topological polar surface area (TPSA) is 69.7 Å². The Morgan fingerprint density at radius 2 is 1.67 bits per heavy atom. The van der Waals surface area contributed by atoms with Crippen LogP contribution >= 0.6 is 0 Å². The standard InChI is InChI=1S/C15H13F3O5S/c1-9(14(19)22-2)10-3-4-12-8-13(6-5-11(12)7-10)23-24(20,21)15(16,17)18/h3-9H,1-2H3/t9-/m0/s1. The molecule has 130 valence electrons. The monoisotopic (exact) mass is 362 g/mol. The van der Waals surface area contributed by atoms with E-state index < -0.39 is 33.3 Å². The molecule has 0 amide bonds. The predicted octanol–water partition coefficient (Wildman–Crippen LogP) is 3.34. The van der Waals surface area contributed by atoms with Crippen LogP contribution in [0.3, 0.4) is 0 Å². The molecule has 2 rings (SSSR count). The Bertz CT molecular complexity index is 874. The third kappa shape index (κ3) is 3.61. The fraction of sp³-hybridized carbons (Fsp3) is 0.267. The van der Waals surface area contributed by atoms with Crippen molar-refractivity contribution in [2.24, 2.45) is 0 Å². The number of alkyl halides is 3. The average Bonchev–Trinajstić information content (AvgIpc) is 2.51. The van der Waals surface area contributed by atoms with Crippen molar-refractivity contribution in [3.8, 4) is 5.75 Å². The van der Waals surface area contributed by atoms with Crippen LogP contribution < -0.4 is 4.18 Å². The van der Waals surface area contributed by atoms with E-state index in [1.807, 2.05) is 0 Å². The summed E-state index contributed by atoms with van der Waals surface area (Å²) in [5, 5.41) is 1.07. The zero-order chi connectivity index (χ0) is 18.1. The van der Waals surface area contributed by atoms with Crippen molar-refractivity contribution >= 4 is 26.9 Å². The maximum absolute atomic E-state index is 12.3. The molecule has 0 heterocycles. The molecule has 0 aromatic heterocycles. The number of esters is 1. The number of fused-ring (bicyclic) bond motifs is 1. The van der Waals surface area contributed by atoms with E-state index in [1.54, 1.807) is 25.1 Å². The number of benzene rings is 2. The Morgan fingerprint density at radius 3 is 2.25 bits per heavy atom. The van der Waals surface area contributed by atoms with E-state index in [9.17, 15) is 26.4 Å². The maximum atomic E-state index is 12.3. The lowest BCUT2D eigenvalue weighted by atomic mass is 9.98. The van der Waals surface area contributed by atoms with Crippen LogP contribution in [0.5, 0.6) is 5.75 Å². The van der Waals surface area contributed by atoms with Gasteiger partial charge in [0.2, 0.25) is 0 Å². The molecule has 0 bridgehead atoms. The van der Waals surface area contributed by atoms with Gasteiger partial charge in [0, 0.05) is 0 Å². The van der Waals surface area contributed by atoms with Crippen LogP contribution in [0.15, 0.2) is 36.4 Å². The Kier molecular flexibility index (Phi) is 4.75. The number of ether oxygens (including phenoxy) is 1. The highest BCUT2D eigenvalue weighted by atomic mass is 32.2. The molecule has 9 heteroatoms. The van der Waals surface area contributed by atoms with E-state index in [-0.39, 0.29) is 0 Å². The van der Waals surface area contributed by atoms with E-state index in [4.69, 9.17) is 0 Å². The van der Waals surface area contributed by atoms with Crippen LogP contribution in [0.1, 0.15) is 18.4 Å². The Morgan fingerprint density at radius 1 is 1.08 bits per heavy atom. The SMILES string of the molecule is COC(=O)[C@@H](C)c1ccc2cc(OS(=O)(=O)C(F)(F)F)ccc2c1. The number of hydrogen-bond donors (Lipinski definition) is 0. The summed E-state index contributed by atoms with van der Waals surface area (Å²) in [4.78, 5) is 11.5. The highest BCUT2D eigenvalue weighted by molar-refractivity contribution is 7.88. The van der Waals surface area contributed by atoms with Crippen molar-refractivity contribution in [3.63, 3.8) is 0 Å². The van der Waals surface area contributed by atoms with E-state index in [1.165, 1.54) is 19.2 Å². The molecule has 0 spiro atoms. The summed E-state index contributed by atoms with van der Waals surface area (Å²) in [6, 6.07) is 8.51. The van der Waals surface area contributed by atoms with Gasteiger partial charge in [-0.25, -0.2) is 0 Å². The third-order valence-electron chi connectivity index (χ3n) is 3.38. The van der Waals surface area contributed by atoms with Gasteiger partial charge in [0.15, 0.2) is 0 Å². The minimum Gasteiger partial charge on any atom is -0.469 e. The van der Waals surface area contributed by atoms with Gasteiger partial charge in [0.1, 0.15) is 5.75 Å². The smallest absolute Gasteiger partial charge is 0.469 e. The number of hydrogen-bond acceptors (Lipinski definition) is 5. The van der Waals surface area contributed by atoms with E-state index >= 15 is 0 Å². The molecule has 2 aromatic rings. The zero-order valence-electron chi connectivity index (χ0n) is 12.6. The van der Waals surface area contributed by atoms with Gasteiger partial charge in [-0.3, -0.25) is 4.79 Å². The van der Waals surface area contributed by atoms with Crippen molar-refractivity contribution in [1.82, 2.24) is 0 Å². The molecule has 0 N–H and O–H groups in total. The maximum Gasteiger partial charge on any atom is 0.534 e. The van der Waals surface area contributed by atoms with Crippen LogP contribution in [-0.2, 0) is 19.6 Å². The van der Waals surface area contributed by atoms with Gasteiger partial charge in [0.25, 0.3) is 0 Å². The van der Waals surface area contributed by atoms with Crippen molar-refractivity contribution in [2.45, 2.75) is 18.3 Å². The Balaban J connectivity index is 2.35. The molecule has 0 saturated heterocycles. The molecule has 24 heavy (non-hydrogen) atoms. The molecule has 0 fully saturated rings. The molecular weight excluding hydrogens is 349 g/mol. The van der Waals surface area contributed by atoms with Crippen molar-refractivity contribution in [2.75, 3.05) is 7.11 Å². The highest BCUT2D eigenvalue weighted by Crippen LogP contribution is 2.30. The van der Waals surface area contributed by atoms with Gasteiger partial charge in [0.05, 0.1) is 13.0 Å². The summed E-state index contributed by atoms with van der Waals surface area (Å²) >= 11 is 0. The number of carbonyl (C=O) groups excluding carboxylic acids is 1. The van der Waals surface area contributed by atoms with E-state index in [0.29, 0.717) is 16.3 Å². The van der Waals surface area contributed by atoms with E-state index in [2.05, 4.69) is 8.92 Å². The Hall–Kier alpha value is -2.29. The van der Waals surface area contributed by atoms with Gasteiger partial charge in [-0.1, -0.05) is 24.3 Å². The number of methoxy groups -OCH3 is 1. The van der Waals surface area contributed by atoms with Gasteiger partial charge in [-0.15, -0.1) is 0 Å². The summed E-state index contributed by atoms with van der Waals surface area (Å²) in [5.74, 6) is -1.39. The van der Waals surface area contributed by atoms with Crippen molar-refractivity contribution < 1.29 is 35.3 Å². The molecule has 0 unspecified atom stereocenters. The summed E-state index contributed by atoms with van der Waals surface area (Å²) in [5.41, 5.74) is -4.84. The van der Waals surface area contributed by atoms with Crippen molar-refractivity contribution in [3.05, 3.63) is 42.0 Å². The van der Waals surface area contributed by atoms with Gasteiger partial charge < -0.3 is 8.92 Å². The minimum absolute atomic E-state index is 0.425. The first kappa shape index (κ1) is 18.1. The molecule has 1 atom stereocenters. The lowest BCUT2D eigenvalue weighted by molar-refractivity contribution is -0.141. The van der Waals surface area contributed by atoms with Crippen LogP contribution in [0.4, 0.5) is 13.2 Å². The second-order valence-electron chi connectivity index (χ2n) is 5.00. The van der Waals surface area contributed by atoms with Gasteiger partial charge in [-0.2, -0.15) is 21.6 Å². The first-order chi connectivity index (χ1) is 11.0. The van der Waals surface area contributed by atoms with Crippen molar-refractivity contribution in [1.29, 1.82) is 0 Å². The lowest BCUT2D eigenvalue weighted by Gasteiger charge is -2.12. The number of rotatable bonds is 4. The number of carbonyl (C=O) groups is 1. The molecular formula is C15H13F3O5S. The summed E-state index contributed by atoms with van der Waals surface area (Å²) in [7, 11) is -4.45. The molecule has 0 aliphatic heterocycles. The summed E-state index contributed by atoms with van der Waals surface area (Å²) in [6.45, 7) is 1.65. The fourth-order valence-electron chi connectivity index (χ4n) is 2.05. The minimum atomic E-state index is -5.72. The zero-order valence-corrected chi connectivity index (χ0v) is 13.4. The van der Waals surface area contributed by atoms with Crippen LogP contribution in [0, 0.1) is 0 Å². The molecule has 2 aromatic carbocycles. The normalized spacial score (nSPS) is 13.5. The highest BCUT2D eigenvalue weighted by Gasteiger charge is 2.48. The summed E-state index contributed by atoms with van der Waals surface area (Å²) < 4.78 is 67.7. The molecule has 5 nitrogen and oxygen atoms in total. The second-order valence-corrected chi connectivity index (χ2v) is 6.53. The van der Waals surface area contributed by atoms with Gasteiger partial charge in [-0.05, 0) is 35.4 Å². The average molecular weight is 362 g/mol. The number of halogens is 3.